The minimum absolute atomic E-state index is 0.277. The Hall–Kier alpha value is -4.12. The van der Waals surface area contributed by atoms with Gasteiger partial charge in [-0.15, -0.1) is 0 Å². The third kappa shape index (κ3) is 3.82. The number of hydrogen-bond acceptors (Lipinski definition) is 5. The number of anilines is 2. The van der Waals surface area contributed by atoms with Crippen LogP contribution in [-0.4, -0.2) is 34.2 Å². The summed E-state index contributed by atoms with van der Waals surface area (Å²) < 4.78 is 0. The zero-order chi connectivity index (χ0) is 23.1. The number of nitriles is 1. The Bertz CT molecular complexity index is 1310. The number of nitrogens with zero attached hydrogens (tertiary/aromatic N) is 3. The smallest absolute Gasteiger partial charge is 0.405 e. The van der Waals surface area contributed by atoms with Crippen LogP contribution >= 0.6 is 0 Å². The van der Waals surface area contributed by atoms with Crippen molar-refractivity contribution in [2.45, 2.75) is 44.3 Å². The number of carbonyl (C=O) groups is 2. The lowest BCUT2D eigenvalue weighted by molar-refractivity contribution is -0.120. The zero-order valence-corrected chi connectivity index (χ0v) is 18.1. The number of aromatic nitrogens is 1. The first kappa shape index (κ1) is 20.8. The number of benzene rings is 2. The summed E-state index contributed by atoms with van der Waals surface area (Å²) >= 11 is 0. The second kappa shape index (κ2) is 8.10. The highest BCUT2D eigenvalue weighted by atomic mass is 16.4. The van der Waals surface area contributed by atoms with Crippen molar-refractivity contribution in [1.82, 2.24) is 10.3 Å². The van der Waals surface area contributed by atoms with Crippen molar-refractivity contribution in [3.05, 3.63) is 65.4 Å². The van der Waals surface area contributed by atoms with Crippen molar-refractivity contribution in [3.63, 3.8) is 0 Å². The molecule has 1 aliphatic heterocycles. The van der Waals surface area contributed by atoms with Crippen LogP contribution in [0.15, 0.2) is 48.7 Å². The van der Waals surface area contributed by atoms with Crippen LogP contribution in [0.1, 0.15) is 42.4 Å². The summed E-state index contributed by atoms with van der Waals surface area (Å²) in [6.07, 6.45) is 2.82. The number of fused-ring (bicyclic) bond motifs is 2. The molecule has 2 heterocycles. The predicted molar refractivity (Wildman–Crippen MR) is 124 cm³/mol. The van der Waals surface area contributed by atoms with Gasteiger partial charge < -0.3 is 20.6 Å². The van der Waals surface area contributed by atoms with Crippen LogP contribution < -0.4 is 15.5 Å². The van der Waals surface area contributed by atoms with Crippen LogP contribution in [-0.2, 0) is 11.3 Å². The molecule has 0 spiro atoms. The summed E-state index contributed by atoms with van der Waals surface area (Å²) in [5, 5.41) is 25.3. The van der Waals surface area contributed by atoms with Gasteiger partial charge in [0, 0.05) is 11.6 Å². The van der Waals surface area contributed by atoms with Gasteiger partial charge in [-0.1, -0.05) is 18.2 Å². The fourth-order valence-electron chi connectivity index (χ4n) is 4.56. The number of hydrogen-bond donors (Lipinski definition) is 3. The Kier molecular flexibility index (Phi) is 5.09. The van der Waals surface area contributed by atoms with Gasteiger partial charge in [0.05, 0.1) is 41.1 Å². The molecule has 0 unspecified atom stereocenters. The Balaban J connectivity index is 1.66. The SMILES string of the molecule is C[C@@H]1Nc2cc(C#N)ccc2N(Cc2c(C3CC3)cnc3ccccc23)C(=O)[C@H]1NC(=O)O. The van der Waals surface area contributed by atoms with E-state index in [-0.39, 0.29) is 12.5 Å². The first-order valence-electron chi connectivity index (χ1n) is 10.9. The fourth-order valence-corrected chi connectivity index (χ4v) is 4.56. The van der Waals surface area contributed by atoms with E-state index in [0.29, 0.717) is 22.9 Å². The summed E-state index contributed by atoms with van der Waals surface area (Å²) in [6, 6.07) is 13.6. The molecule has 2 aliphatic rings. The van der Waals surface area contributed by atoms with Crippen molar-refractivity contribution in [2.75, 3.05) is 10.2 Å². The number of amides is 2. The van der Waals surface area contributed by atoms with E-state index < -0.39 is 18.2 Å². The van der Waals surface area contributed by atoms with Gasteiger partial charge in [-0.05, 0) is 61.1 Å². The van der Waals surface area contributed by atoms with E-state index in [1.165, 1.54) is 0 Å². The molecule has 2 atom stereocenters. The van der Waals surface area contributed by atoms with Crippen molar-refractivity contribution in [3.8, 4) is 6.07 Å². The maximum absolute atomic E-state index is 13.7. The van der Waals surface area contributed by atoms with Crippen molar-refractivity contribution in [2.24, 2.45) is 0 Å². The summed E-state index contributed by atoms with van der Waals surface area (Å²) in [5.41, 5.74) is 4.70. The van der Waals surface area contributed by atoms with Crippen molar-refractivity contribution >= 4 is 34.3 Å². The van der Waals surface area contributed by atoms with Crippen molar-refractivity contribution < 1.29 is 14.7 Å². The molecule has 0 bridgehead atoms. The van der Waals surface area contributed by atoms with E-state index in [1.807, 2.05) is 30.5 Å². The zero-order valence-electron chi connectivity index (χ0n) is 18.1. The normalized spacial score (nSPS) is 19.9. The highest BCUT2D eigenvalue weighted by Crippen LogP contribution is 2.44. The Morgan fingerprint density at radius 2 is 2.09 bits per heavy atom. The van der Waals surface area contributed by atoms with E-state index in [9.17, 15) is 20.0 Å². The second-order valence-corrected chi connectivity index (χ2v) is 8.61. The molecule has 1 aromatic heterocycles. The van der Waals surface area contributed by atoms with Crippen LogP contribution in [0, 0.1) is 11.3 Å². The van der Waals surface area contributed by atoms with Gasteiger partial charge in [0.25, 0.3) is 5.91 Å². The van der Waals surface area contributed by atoms with Crippen molar-refractivity contribution in [1.29, 1.82) is 5.26 Å². The average molecular weight is 441 g/mol. The molecule has 2 aromatic carbocycles. The maximum Gasteiger partial charge on any atom is 0.405 e. The quantitative estimate of drug-likeness (QED) is 0.564. The average Bonchev–Trinajstić information content (AvgIpc) is 3.66. The number of pyridine rings is 1. The first-order valence-corrected chi connectivity index (χ1v) is 10.9. The number of rotatable bonds is 4. The second-order valence-electron chi connectivity index (χ2n) is 8.61. The minimum Gasteiger partial charge on any atom is -0.465 e. The van der Waals surface area contributed by atoms with E-state index in [2.05, 4.69) is 21.7 Å². The largest absolute Gasteiger partial charge is 0.465 e. The molecular weight excluding hydrogens is 418 g/mol. The van der Waals surface area contributed by atoms with E-state index >= 15 is 0 Å². The lowest BCUT2D eigenvalue weighted by Crippen LogP contribution is -2.53. The summed E-state index contributed by atoms with van der Waals surface area (Å²) in [5.74, 6) is 0.0770. The van der Waals surface area contributed by atoms with Gasteiger partial charge >= 0.3 is 6.09 Å². The fraction of sp³-hybridized carbons (Fsp3) is 0.280. The Labute approximate surface area is 190 Å². The van der Waals surface area contributed by atoms with Gasteiger partial charge in [-0.3, -0.25) is 9.78 Å². The summed E-state index contributed by atoms with van der Waals surface area (Å²) in [6.45, 7) is 2.03. The third-order valence-electron chi connectivity index (χ3n) is 6.36. The number of carbonyl (C=O) groups excluding carboxylic acids is 1. The Morgan fingerprint density at radius 3 is 2.82 bits per heavy atom. The van der Waals surface area contributed by atoms with Crippen LogP contribution in [0.4, 0.5) is 16.2 Å². The van der Waals surface area contributed by atoms with E-state index in [4.69, 9.17) is 0 Å². The monoisotopic (exact) mass is 441 g/mol. The molecule has 8 heteroatoms. The molecule has 8 nitrogen and oxygen atoms in total. The molecule has 5 rings (SSSR count). The van der Waals surface area contributed by atoms with Gasteiger partial charge in [-0.2, -0.15) is 5.26 Å². The van der Waals surface area contributed by atoms with E-state index in [1.54, 1.807) is 30.0 Å². The Morgan fingerprint density at radius 1 is 1.30 bits per heavy atom. The van der Waals surface area contributed by atoms with Crippen LogP contribution in [0.2, 0.25) is 0 Å². The van der Waals surface area contributed by atoms with E-state index in [0.717, 1.165) is 34.9 Å². The molecule has 1 aliphatic carbocycles. The summed E-state index contributed by atoms with van der Waals surface area (Å²) in [7, 11) is 0. The molecule has 3 N–H and O–H groups in total. The van der Waals surface area contributed by atoms with Crippen LogP contribution in [0.3, 0.4) is 0 Å². The van der Waals surface area contributed by atoms with Gasteiger partial charge in [-0.25, -0.2) is 4.79 Å². The van der Waals surface area contributed by atoms with Crippen LogP contribution in [0.5, 0.6) is 0 Å². The predicted octanol–water partition coefficient (Wildman–Crippen LogP) is 3.97. The number of carboxylic acid groups (broad SMARTS) is 1. The van der Waals surface area contributed by atoms with Crippen LogP contribution in [0.25, 0.3) is 10.9 Å². The topological polar surface area (TPSA) is 118 Å². The molecule has 1 saturated carbocycles. The van der Waals surface area contributed by atoms with Gasteiger partial charge in [0.2, 0.25) is 0 Å². The molecule has 2 amide bonds. The van der Waals surface area contributed by atoms with Gasteiger partial charge in [0.1, 0.15) is 6.04 Å². The molecule has 166 valence electrons. The highest BCUT2D eigenvalue weighted by molar-refractivity contribution is 6.03. The van der Waals surface area contributed by atoms with Gasteiger partial charge in [0.15, 0.2) is 0 Å². The summed E-state index contributed by atoms with van der Waals surface area (Å²) in [4.78, 5) is 31.5. The molecule has 3 aromatic rings. The molecule has 0 saturated heterocycles. The lowest BCUT2D eigenvalue weighted by atomic mass is 9.99. The number of para-hydroxylation sites is 1. The molecule has 1 fully saturated rings. The highest BCUT2D eigenvalue weighted by Gasteiger charge is 2.37. The third-order valence-corrected chi connectivity index (χ3v) is 6.36. The molecular formula is C25H23N5O3. The minimum atomic E-state index is -1.27. The number of nitrogens with one attached hydrogen (secondary N) is 2. The maximum atomic E-state index is 13.7. The molecule has 0 radical (unpaired) electrons. The standard InChI is InChI=1S/C25H23N5O3/c1-14-23(29-25(32)33)24(31)30(22-9-6-15(11-26)10-21(22)28-14)13-19-17-4-2-3-5-20(17)27-12-18(19)16-7-8-16/h2-6,9-10,12,14,16,23,28-29H,7-8,13H2,1H3,(H,32,33)/t14-,23-/m0/s1. The molecule has 33 heavy (non-hydrogen) atoms. The lowest BCUT2D eigenvalue weighted by Gasteiger charge is -2.28. The first-order chi connectivity index (χ1) is 16.0.